The molecular formula is C15H22ClN3O2. The molecule has 1 aromatic rings. The Balaban J connectivity index is 2.12. The molecule has 1 aromatic carbocycles. The standard InChI is InChI=1S/C15H22ClN3O2/c1-15(2,3)18-8-6-17(7-9-18)13-4-5-14(19(20)21)12(10-13)11-16/h4-5,10H,6-9,11H2,1-3H3. The zero-order valence-corrected chi connectivity index (χ0v) is 13.6. The lowest BCUT2D eigenvalue weighted by Crippen LogP contribution is -2.53. The lowest BCUT2D eigenvalue weighted by molar-refractivity contribution is -0.385. The number of nitrogens with zero attached hydrogens (tertiary/aromatic N) is 3. The van der Waals surface area contributed by atoms with Crippen molar-refractivity contribution >= 4 is 23.0 Å². The second-order valence-corrected chi connectivity index (χ2v) is 6.62. The van der Waals surface area contributed by atoms with Crippen molar-refractivity contribution in [2.24, 2.45) is 0 Å². The predicted octanol–water partition coefficient (Wildman–Crippen LogP) is 3.25. The zero-order chi connectivity index (χ0) is 15.6. The molecule has 0 aromatic heterocycles. The summed E-state index contributed by atoms with van der Waals surface area (Å²) >= 11 is 5.84. The van der Waals surface area contributed by atoms with Crippen molar-refractivity contribution in [1.29, 1.82) is 0 Å². The van der Waals surface area contributed by atoms with Crippen LogP contribution in [-0.2, 0) is 5.88 Å². The van der Waals surface area contributed by atoms with E-state index >= 15 is 0 Å². The summed E-state index contributed by atoms with van der Waals surface area (Å²) in [5.41, 5.74) is 1.88. The number of anilines is 1. The van der Waals surface area contributed by atoms with E-state index in [4.69, 9.17) is 11.6 Å². The van der Waals surface area contributed by atoms with Gasteiger partial charge in [-0.2, -0.15) is 0 Å². The minimum absolute atomic E-state index is 0.0991. The van der Waals surface area contributed by atoms with Crippen LogP contribution < -0.4 is 4.90 Å². The van der Waals surface area contributed by atoms with Crippen molar-refractivity contribution in [3.63, 3.8) is 0 Å². The van der Waals surface area contributed by atoms with E-state index in [1.54, 1.807) is 6.07 Å². The minimum Gasteiger partial charge on any atom is -0.369 e. The molecule has 0 spiro atoms. The van der Waals surface area contributed by atoms with Gasteiger partial charge in [0, 0.05) is 49.0 Å². The lowest BCUT2D eigenvalue weighted by Gasteiger charge is -2.43. The van der Waals surface area contributed by atoms with Crippen LogP contribution in [0.25, 0.3) is 0 Å². The quantitative estimate of drug-likeness (QED) is 0.488. The Morgan fingerprint density at radius 3 is 2.33 bits per heavy atom. The van der Waals surface area contributed by atoms with Gasteiger partial charge in [0.05, 0.1) is 10.8 Å². The summed E-state index contributed by atoms with van der Waals surface area (Å²) < 4.78 is 0. The minimum atomic E-state index is -0.376. The molecule has 116 valence electrons. The first-order valence-corrected chi connectivity index (χ1v) is 7.69. The van der Waals surface area contributed by atoms with E-state index in [9.17, 15) is 10.1 Å². The molecule has 1 fully saturated rings. The Hall–Kier alpha value is -1.33. The van der Waals surface area contributed by atoms with Gasteiger partial charge in [-0.05, 0) is 32.9 Å². The molecule has 1 saturated heterocycles. The molecule has 6 heteroatoms. The molecule has 0 saturated carbocycles. The van der Waals surface area contributed by atoms with Crippen LogP contribution in [0.4, 0.5) is 11.4 Å². The Morgan fingerprint density at radius 1 is 1.24 bits per heavy atom. The highest BCUT2D eigenvalue weighted by Crippen LogP contribution is 2.27. The van der Waals surface area contributed by atoms with Crippen LogP contribution in [0.1, 0.15) is 26.3 Å². The van der Waals surface area contributed by atoms with Crippen LogP contribution in [0.3, 0.4) is 0 Å². The maximum absolute atomic E-state index is 10.9. The average Bonchev–Trinajstić information content (AvgIpc) is 2.45. The van der Waals surface area contributed by atoms with E-state index in [1.165, 1.54) is 0 Å². The molecule has 2 rings (SSSR count). The molecule has 0 N–H and O–H groups in total. The molecule has 0 aliphatic carbocycles. The normalized spacial score (nSPS) is 17.0. The second-order valence-electron chi connectivity index (χ2n) is 6.35. The van der Waals surface area contributed by atoms with E-state index in [0.29, 0.717) is 5.56 Å². The molecule has 5 nitrogen and oxygen atoms in total. The molecule has 1 aliphatic heterocycles. The van der Waals surface area contributed by atoms with Crippen molar-refractivity contribution in [3.8, 4) is 0 Å². The van der Waals surface area contributed by atoms with E-state index in [2.05, 4.69) is 30.6 Å². The third-order valence-electron chi connectivity index (χ3n) is 4.00. The summed E-state index contributed by atoms with van der Waals surface area (Å²) in [5, 5.41) is 10.9. The lowest BCUT2D eigenvalue weighted by atomic mass is 10.0. The summed E-state index contributed by atoms with van der Waals surface area (Å²) in [6, 6.07) is 5.22. The monoisotopic (exact) mass is 311 g/mol. The van der Waals surface area contributed by atoms with Gasteiger partial charge in [-0.1, -0.05) is 0 Å². The van der Waals surface area contributed by atoms with Crippen molar-refractivity contribution in [2.75, 3.05) is 31.1 Å². The van der Waals surface area contributed by atoms with E-state index in [1.807, 2.05) is 12.1 Å². The van der Waals surface area contributed by atoms with Crippen molar-refractivity contribution < 1.29 is 4.92 Å². The summed E-state index contributed by atoms with van der Waals surface area (Å²) in [6.07, 6.45) is 0. The maximum Gasteiger partial charge on any atom is 0.273 e. The number of piperazine rings is 1. The molecule has 0 bridgehead atoms. The van der Waals surface area contributed by atoms with Gasteiger partial charge in [0.25, 0.3) is 5.69 Å². The molecule has 1 heterocycles. The summed E-state index contributed by atoms with van der Waals surface area (Å²) in [4.78, 5) is 15.3. The van der Waals surface area contributed by atoms with Crippen LogP contribution >= 0.6 is 11.6 Å². The highest BCUT2D eigenvalue weighted by atomic mass is 35.5. The summed E-state index contributed by atoms with van der Waals surface area (Å²) in [6.45, 7) is 10.5. The summed E-state index contributed by atoms with van der Waals surface area (Å²) in [7, 11) is 0. The molecular weight excluding hydrogens is 290 g/mol. The number of rotatable bonds is 3. The van der Waals surface area contributed by atoms with Crippen LogP contribution in [0, 0.1) is 10.1 Å². The fourth-order valence-corrected chi connectivity index (χ4v) is 2.90. The van der Waals surface area contributed by atoms with Crippen molar-refractivity contribution in [1.82, 2.24) is 4.90 Å². The maximum atomic E-state index is 10.9. The SMILES string of the molecule is CC(C)(C)N1CCN(c2ccc([N+](=O)[O-])c(CCl)c2)CC1. The Morgan fingerprint density at radius 2 is 1.86 bits per heavy atom. The van der Waals surface area contributed by atoms with Crippen LogP contribution in [0.2, 0.25) is 0 Å². The molecule has 21 heavy (non-hydrogen) atoms. The number of nitro groups is 1. The van der Waals surface area contributed by atoms with Crippen LogP contribution in [0.15, 0.2) is 18.2 Å². The predicted molar refractivity (Wildman–Crippen MR) is 86.2 cm³/mol. The Labute approximate surface area is 130 Å². The van der Waals surface area contributed by atoms with Crippen LogP contribution in [-0.4, -0.2) is 41.5 Å². The van der Waals surface area contributed by atoms with Gasteiger partial charge in [-0.3, -0.25) is 15.0 Å². The smallest absolute Gasteiger partial charge is 0.273 e. The number of hydrogen-bond acceptors (Lipinski definition) is 4. The third-order valence-corrected chi connectivity index (χ3v) is 4.29. The van der Waals surface area contributed by atoms with Gasteiger partial charge in [-0.25, -0.2) is 0 Å². The van der Waals surface area contributed by atoms with E-state index in [-0.39, 0.29) is 22.0 Å². The molecule has 0 amide bonds. The van der Waals surface area contributed by atoms with Gasteiger partial charge in [0.2, 0.25) is 0 Å². The first-order chi connectivity index (χ1) is 9.82. The van der Waals surface area contributed by atoms with Crippen molar-refractivity contribution in [2.45, 2.75) is 32.2 Å². The fourth-order valence-electron chi connectivity index (χ4n) is 2.69. The highest BCUT2D eigenvalue weighted by Gasteiger charge is 2.26. The topological polar surface area (TPSA) is 49.6 Å². The van der Waals surface area contributed by atoms with Gasteiger partial charge in [-0.15, -0.1) is 11.6 Å². The Kier molecular flexibility index (Phi) is 4.74. The van der Waals surface area contributed by atoms with Crippen molar-refractivity contribution in [3.05, 3.63) is 33.9 Å². The highest BCUT2D eigenvalue weighted by molar-refractivity contribution is 6.17. The molecule has 0 radical (unpaired) electrons. The number of halogens is 1. The van der Waals surface area contributed by atoms with Gasteiger partial charge in [0.1, 0.15) is 0 Å². The third kappa shape index (κ3) is 3.66. The van der Waals surface area contributed by atoms with Crippen LogP contribution in [0.5, 0.6) is 0 Å². The summed E-state index contributed by atoms with van der Waals surface area (Å²) in [5.74, 6) is 0.159. The average molecular weight is 312 g/mol. The number of alkyl halides is 1. The Bertz CT molecular complexity index is 520. The second kappa shape index (κ2) is 6.20. The molecule has 0 unspecified atom stereocenters. The van der Waals surface area contributed by atoms with Gasteiger partial charge >= 0.3 is 0 Å². The first-order valence-electron chi connectivity index (χ1n) is 7.16. The van der Waals surface area contributed by atoms with Gasteiger partial charge < -0.3 is 4.90 Å². The largest absolute Gasteiger partial charge is 0.369 e. The number of hydrogen-bond donors (Lipinski definition) is 0. The fraction of sp³-hybridized carbons (Fsp3) is 0.600. The zero-order valence-electron chi connectivity index (χ0n) is 12.8. The number of nitro benzene ring substituents is 1. The van der Waals surface area contributed by atoms with E-state index < -0.39 is 0 Å². The van der Waals surface area contributed by atoms with Gasteiger partial charge in [0.15, 0.2) is 0 Å². The molecule has 0 atom stereocenters. The molecule has 1 aliphatic rings. The van der Waals surface area contributed by atoms with E-state index in [0.717, 1.165) is 31.9 Å². The first kappa shape index (κ1) is 16.0. The number of benzene rings is 1.